The number of hydrogen-bond donors (Lipinski definition) is 3. The number of phosphoric ester groups is 2. The maximum Gasteiger partial charge on any atom is 0.472 e. The number of carbonyl (C=O) groups is 4. The summed E-state index contributed by atoms with van der Waals surface area (Å²) in [5.74, 6) is 0.675. The fraction of sp³-hybridized carbons (Fsp3) is 0.935. The van der Waals surface area contributed by atoms with Crippen molar-refractivity contribution < 1.29 is 80.2 Å². The van der Waals surface area contributed by atoms with Gasteiger partial charge in [0.1, 0.15) is 19.3 Å². The molecule has 5 atom stereocenters. The van der Waals surface area contributed by atoms with Gasteiger partial charge in [0.15, 0.2) is 12.2 Å². The summed E-state index contributed by atoms with van der Waals surface area (Å²) in [5, 5.41) is 10.5. The lowest BCUT2D eigenvalue weighted by molar-refractivity contribution is -0.161. The van der Waals surface area contributed by atoms with Crippen LogP contribution in [0.15, 0.2) is 0 Å². The lowest BCUT2D eigenvalue weighted by Gasteiger charge is -2.21. The first kappa shape index (κ1) is 79.1. The van der Waals surface area contributed by atoms with Crippen LogP contribution in [0.4, 0.5) is 0 Å². The van der Waals surface area contributed by atoms with Gasteiger partial charge in [-0.05, 0) is 49.4 Å². The summed E-state index contributed by atoms with van der Waals surface area (Å²) in [6.45, 7) is 13.9. The van der Waals surface area contributed by atoms with Crippen LogP contribution in [0, 0.1) is 23.7 Å². The Kier molecular flexibility index (Phi) is 51.1. The third-order valence-electron chi connectivity index (χ3n) is 14.1. The quantitative estimate of drug-likeness (QED) is 0.0222. The number of aliphatic hydroxyl groups excluding tert-OH is 1. The molecule has 81 heavy (non-hydrogen) atoms. The summed E-state index contributed by atoms with van der Waals surface area (Å²) in [5.41, 5.74) is 0. The monoisotopic (exact) mass is 1200 g/mol. The molecule has 0 aliphatic heterocycles. The molecule has 3 N–H and O–H groups in total. The highest BCUT2D eigenvalue weighted by Crippen LogP contribution is 2.45. The van der Waals surface area contributed by atoms with Crippen molar-refractivity contribution >= 4 is 39.5 Å². The second-order valence-electron chi connectivity index (χ2n) is 24.3. The topological polar surface area (TPSA) is 237 Å². The number of aliphatic hydroxyl groups is 1. The van der Waals surface area contributed by atoms with Crippen molar-refractivity contribution in [1.82, 2.24) is 0 Å². The second kappa shape index (κ2) is 52.4. The summed E-state index contributed by atoms with van der Waals surface area (Å²) < 4.78 is 67.9. The molecule has 19 heteroatoms. The van der Waals surface area contributed by atoms with Crippen molar-refractivity contribution in [2.75, 3.05) is 39.6 Å². The predicted molar refractivity (Wildman–Crippen MR) is 321 cm³/mol. The van der Waals surface area contributed by atoms with Crippen molar-refractivity contribution in [3.05, 3.63) is 0 Å². The normalized spacial score (nSPS) is 14.5. The average molecular weight is 1200 g/mol. The fourth-order valence-electron chi connectivity index (χ4n) is 9.08. The molecule has 0 aromatic rings. The minimum Gasteiger partial charge on any atom is -0.462 e. The number of carbonyl (C=O) groups excluding carboxylic acids is 4. The molecule has 0 saturated heterocycles. The van der Waals surface area contributed by atoms with Gasteiger partial charge in [0, 0.05) is 25.7 Å². The number of unbranched alkanes of at least 4 members (excludes halogenated alkanes) is 25. The summed E-state index contributed by atoms with van der Waals surface area (Å²) in [4.78, 5) is 72.1. The standard InChI is InChI=1S/C62H120O17P2/c1-52(2)38-30-22-14-9-11-17-28-36-44-61(66)78-57(48-72-59(64)42-34-26-19-13-16-24-32-40-54(5)6)50-76-80(68,69)74-46-56(63)47-75-81(70,71)77-51-58(49-73-60(65)43-35-27-21-20-25-33-41-55(7)8)79-62(67)45-37-29-18-12-10-15-23-31-39-53(3)4/h52-58,63H,9-51H2,1-8H3,(H,68,69)(H,70,71)/t56-,57-,58-/m1/s1. The van der Waals surface area contributed by atoms with Gasteiger partial charge < -0.3 is 33.8 Å². The van der Waals surface area contributed by atoms with Gasteiger partial charge in [0.05, 0.1) is 26.4 Å². The van der Waals surface area contributed by atoms with E-state index in [1.807, 2.05) is 0 Å². The minimum absolute atomic E-state index is 0.103. The molecule has 0 aromatic heterocycles. The highest BCUT2D eigenvalue weighted by atomic mass is 31.2. The maximum atomic E-state index is 12.9. The van der Waals surface area contributed by atoms with E-state index in [0.717, 1.165) is 115 Å². The van der Waals surface area contributed by atoms with Gasteiger partial charge in [-0.2, -0.15) is 0 Å². The highest BCUT2D eigenvalue weighted by molar-refractivity contribution is 7.47. The Bertz CT molecular complexity index is 1630. The van der Waals surface area contributed by atoms with E-state index in [1.54, 1.807) is 0 Å². The van der Waals surface area contributed by atoms with Crippen LogP contribution in [-0.4, -0.2) is 96.7 Å². The fourth-order valence-corrected chi connectivity index (χ4v) is 10.7. The van der Waals surface area contributed by atoms with Gasteiger partial charge in [-0.25, -0.2) is 9.13 Å². The van der Waals surface area contributed by atoms with E-state index in [-0.39, 0.29) is 25.7 Å². The Labute approximate surface area is 492 Å². The van der Waals surface area contributed by atoms with E-state index in [9.17, 15) is 43.2 Å². The predicted octanol–water partition coefficient (Wildman–Crippen LogP) is 16.6. The maximum absolute atomic E-state index is 12.9. The Morgan fingerprint density at radius 2 is 0.519 bits per heavy atom. The van der Waals surface area contributed by atoms with Crippen LogP contribution < -0.4 is 0 Å². The van der Waals surface area contributed by atoms with Crippen LogP contribution in [0.1, 0.15) is 293 Å². The Hall–Kier alpha value is -1.94. The van der Waals surface area contributed by atoms with E-state index < -0.39 is 97.5 Å². The molecule has 0 rings (SSSR count). The van der Waals surface area contributed by atoms with Gasteiger partial charge in [-0.15, -0.1) is 0 Å². The van der Waals surface area contributed by atoms with Crippen molar-refractivity contribution in [3.8, 4) is 0 Å². The molecular weight excluding hydrogens is 1080 g/mol. The van der Waals surface area contributed by atoms with Crippen LogP contribution in [0.25, 0.3) is 0 Å². The molecule has 0 saturated carbocycles. The van der Waals surface area contributed by atoms with Crippen molar-refractivity contribution in [2.24, 2.45) is 23.7 Å². The minimum atomic E-state index is -4.94. The number of esters is 4. The molecule has 0 bridgehead atoms. The first-order valence-electron chi connectivity index (χ1n) is 32.2. The van der Waals surface area contributed by atoms with Gasteiger partial charge in [0.2, 0.25) is 0 Å². The molecule has 0 spiro atoms. The molecule has 480 valence electrons. The molecule has 0 aromatic carbocycles. The Morgan fingerprint density at radius 1 is 0.309 bits per heavy atom. The van der Waals surface area contributed by atoms with E-state index in [1.165, 1.54) is 83.5 Å². The van der Waals surface area contributed by atoms with E-state index >= 15 is 0 Å². The summed E-state index contributed by atoms with van der Waals surface area (Å²) >= 11 is 0. The molecule has 0 amide bonds. The van der Waals surface area contributed by atoms with E-state index in [0.29, 0.717) is 37.5 Å². The zero-order valence-electron chi connectivity index (χ0n) is 52.4. The van der Waals surface area contributed by atoms with Crippen LogP contribution in [-0.2, 0) is 65.4 Å². The lowest BCUT2D eigenvalue weighted by Crippen LogP contribution is -2.30. The third-order valence-corrected chi connectivity index (χ3v) is 16.0. The molecule has 0 aliphatic carbocycles. The zero-order valence-corrected chi connectivity index (χ0v) is 54.2. The summed E-state index contributed by atoms with van der Waals surface area (Å²) in [6.07, 6.45) is 31.0. The molecule has 0 aliphatic rings. The highest BCUT2D eigenvalue weighted by Gasteiger charge is 2.30. The van der Waals surface area contributed by atoms with Crippen molar-refractivity contribution in [2.45, 2.75) is 311 Å². The van der Waals surface area contributed by atoms with Gasteiger partial charge in [-0.3, -0.25) is 37.3 Å². The van der Waals surface area contributed by atoms with Gasteiger partial charge in [0.25, 0.3) is 0 Å². The number of hydrogen-bond acceptors (Lipinski definition) is 15. The van der Waals surface area contributed by atoms with Crippen LogP contribution in [0.3, 0.4) is 0 Å². The zero-order chi connectivity index (χ0) is 60.4. The summed E-state index contributed by atoms with van der Waals surface area (Å²) in [7, 11) is -9.88. The number of ether oxygens (including phenoxy) is 4. The molecule has 17 nitrogen and oxygen atoms in total. The van der Waals surface area contributed by atoms with Crippen molar-refractivity contribution in [3.63, 3.8) is 0 Å². The Morgan fingerprint density at radius 3 is 0.765 bits per heavy atom. The molecule has 2 unspecified atom stereocenters. The first-order chi connectivity index (χ1) is 38.6. The van der Waals surface area contributed by atoms with E-state index in [2.05, 4.69) is 55.4 Å². The number of rotatable bonds is 59. The lowest BCUT2D eigenvalue weighted by atomic mass is 10.0. The van der Waals surface area contributed by atoms with Crippen LogP contribution >= 0.6 is 15.6 Å². The Balaban J connectivity index is 5.25. The average Bonchev–Trinajstić information content (AvgIpc) is 3.40. The molecular formula is C62H120O17P2. The van der Waals surface area contributed by atoms with Gasteiger partial charge in [-0.1, -0.05) is 242 Å². The first-order valence-corrected chi connectivity index (χ1v) is 35.2. The van der Waals surface area contributed by atoms with Crippen LogP contribution in [0.2, 0.25) is 0 Å². The van der Waals surface area contributed by atoms with E-state index in [4.69, 9.17) is 37.0 Å². The van der Waals surface area contributed by atoms with Crippen molar-refractivity contribution in [1.29, 1.82) is 0 Å². The van der Waals surface area contributed by atoms with Crippen LogP contribution in [0.5, 0.6) is 0 Å². The third kappa shape index (κ3) is 56.9. The number of phosphoric acid groups is 2. The molecule has 0 heterocycles. The second-order valence-corrected chi connectivity index (χ2v) is 27.3. The van der Waals surface area contributed by atoms with Gasteiger partial charge >= 0.3 is 39.5 Å². The molecule has 0 fully saturated rings. The molecule has 0 radical (unpaired) electrons. The smallest absolute Gasteiger partial charge is 0.462 e. The summed E-state index contributed by atoms with van der Waals surface area (Å²) in [6, 6.07) is 0. The SMILES string of the molecule is CC(C)CCCCCCCCCCC(=O)O[C@H](COC(=O)CCCCCCCCCC(C)C)COP(=O)(O)OC[C@@H](O)COP(=O)(O)OC[C@@H](COC(=O)CCCCCCCCC(C)C)OC(=O)CCCCCCCCCCC(C)C. The largest absolute Gasteiger partial charge is 0.472 e.